The van der Waals surface area contributed by atoms with Gasteiger partial charge in [0, 0.05) is 22.6 Å². The zero-order chi connectivity index (χ0) is 16.0. The standard InChI is InChI=1S/C18H16O4S/c1-21-17(19)12-8-13-16(14-9-23-7-6-10(12)14)11-4-2-3-5-15(11)22-18(13)20/h2-5,8,10,14H,6-7,9H2,1H3. The van der Waals surface area contributed by atoms with Crippen LogP contribution in [0.5, 0.6) is 0 Å². The van der Waals surface area contributed by atoms with Crippen molar-refractivity contribution in [1.82, 2.24) is 0 Å². The quantitative estimate of drug-likeness (QED) is 0.594. The normalized spacial score (nSPS) is 22.9. The topological polar surface area (TPSA) is 56.5 Å². The molecule has 1 aromatic carbocycles. The maximum absolute atomic E-state index is 12.4. The molecule has 0 bridgehead atoms. The fourth-order valence-corrected chi connectivity index (χ4v) is 4.95. The van der Waals surface area contributed by atoms with Gasteiger partial charge in [-0.2, -0.15) is 11.8 Å². The molecule has 0 amide bonds. The monoisotopic (exact) mass is 328 g/mol. The van der Waals surface area contributed by atoms with Crippen molar-refractivity contribution in [3.63, 3.8) is 0 Å². The number of rotatable bonds is 1. The smallest absolute Gasteiger partial charge is 0.343 e. The summed E-state index contributed by atoms with van der Waals surface area (Å²) in [7, 11) is 1.38. The summed E-state index contributed by atoms with van der Waals surface area (Å²) in [6, 6.07) is 7.63. The molecule has 0 spiro atoms. The van der Waals surface area contributed by atoms with Crippen molar-refractivity contribution < 1.29 is 13.9 Å². The van der Waals surface area contributed by atoms with Crippen molar-refractivity contribution in [1.29, 1.82) is 0 Å². The molecule has 1 aliphatic carbocycles. The molecule has 2 heterocycles. The second kappa shape index (κ2) is 5.57. The van der Waals surface area contributed by atoms with Crippen LogP contribution in [-0.2, 0) is 9.53 Å². The van der Waals surface area contributed by atoms with Crippen LogP contribution in [0.2, 0.25) is 0 Å². The van der Waals surface area contributed by atoms with Crippen LogP contribution >= 0.6 is 11.8 Å². The van der Waals surface area contributed by atoms with Gasteiger partial charge in [-0.1, -0.05) is 18.2 Å². The number of fused-ring (bicyclic) bond motifs is 5. The molecule has 2 aromatic rings. The lowest BCUT2D eigenvalue weighted by Gasteiger charge is -2.36. The zero-order valence-corrected chi connectivity index (χ0v) is 13.5. The number of hydrogen-bond donors (Lipinski definition) is 0. The number of carbonyl (C=O) groups is 1. The first-order valence-corrected chi connectivity index (χ1v) is 8.79. The van der Waals surface area contributed by atoms with Gasteiger partial charge in [-0.25, -0.2) is 9.59 Å². The van der Waals surface area contributed by atoms with Crippen molar-refractivity contribution in [3.05, 3.63) is 51.4 Å². The molecule has 23 heavy (non-hydrogen) atoms. The molecule has 1 fully saturated rings. The van der Waals surface area contributed by atoms with Crippen molar-refractivity contribution in [2.75, 3.05) is 18.6 Å². The minimum Gasteiger partial charge on any atom is -0.466 e. The highest BCUT2D eigenvalue weighted by Gasteiger charge is 2.39. The van der Waals surface area contributed by atoms with Gasteiger partial charge in [0.2, 0.25) is 0 Å². The molecular weight excluding hydrogens is 312 g/mol. The van der Waals surface area contributed by atoms with E-state index >= 15 is 0 Å². The minimum absolute atomic E-state index is 0.112. The second-order valence-corrected chi connectivity index (χ2v) is 7.03. The lowest BCUT2D eigenvalue weighted by Crippen LogP contribution is -2.31. The molecule has 4 rings (SSSR count). The molecule has 1 aliphatic heterocycles. The van der Waals surface area contributed by atoms with Crippen LogP contribution in [0.1, 0.15) is 23.5 Å². The number of methoxy groups -OCH3 is 1. The first-order valence-electron chi connectivity index (χ1n) is 7.64. The summed E-state index contributed by atoms with van der Waals surface area (Å²) in [5, 5.41) is 0.972. The van der Waals surface area contributed by atoms with Gasteiger partial charge >= 0.3 is 11.6 Å². The first kappa shape index (κ1) is 14.6. The average molecular weight is 328 g/mol. The van der Waals surface area contributed by atoms with E-state index in [-0.39, 0.29) is 23.4 Å². The van der Waals surface area contributed by atoms with Crippen LogP contribution in [0.4, 0.5) is 0 Å². The fraction of sp³-hybridized carbons (Fsp3) is 0.333. The van der Waals surface area contributed by atoms with Crippen LogP contribution in [0, 0.1) is 5.92 Å². The predicted molar refractivity (Wildman–Crippen MR) is 90.7 cm³/mol. The number of thioether (sulfide) groups is 1. The van der Waals surface area contributed by atoms with Gasteiger partial charge in [-0.3, -0.25) is 0 Å². The van der Waals surface area contributed by atoms with Gasteiger partial charge in [0.25, 0.3) is 0 Å². The summed E-state index contributed by atoms with van der Waals surface area (Å²) in [4.78, 5) is 24.6. The maximum Gasteiger partial charge on any atom is 0.343 e. The molecule has 1 saturated heterocycles. The Hall–Kier alpha value is -2.01. The third-order valence-electron chi connectivity index (χ3n) is 4.74. The number of para-hydroxylation sites is 1. The summed E-state index contributed by atoms with van der Waals surface area (Å²) < 4.78 is 10.4. The highest BCUT2D eigenvalue weighted by molar-refractivity contribution is 7.99. The van der Waals surface area contributed by atoms with Gasteiger partial charge in [-0.05, 0) is 35.8 Å². The van der Waals surface area contributed by atoms with Crippen LogP contribution in [0.3, 0.4) is 0 Å². The Balaban J connectivity index is 2.04. The molecule has 0 radical (unpaired) electrons. The lowest BCUT2D eigenvalue weighted by molar-refractivity contribution is -0.136. The van der Waals surface area contributed by atoms with Gasteiger partial charge in [0.05, 0.1) is 12.7 Å². The van der Waals surface area contributed by atoms with Crippen molar-refractivity contribution in [2.45, 2.75) is 12.3 Å². The Bertz CT molecular complexity index is 880. The van der Waals surface area contributed by atoms with E-state index in [4.69, 9.17) is 9.15 Å². The molecular formula is C18H16O4S. The first-order chi connectivity index (χ1) is 11.2. The lowest BCUT2D eigenvalue weighted by atomic mass is 9.73. The van der Waals surface area contributed by atoms with Crippen LogP contribution in [-0.4, -0.2) is 24.6 Å². The molecule has 1 aromatic heterocycles. The van der Waals surface area contributed by atoms with E-state index in [0.29, 0.717) is 16.7 Å². The third-order valence-corrected chi connectivity index (χ3v) is 5.86. The van der Waals surface area contributed by atoms with E-state index in [1.807, 2.05) is 36.0 Å². The maximum atomic E-state index is 12.4. The fourth-order valence-electron chi connectivity index (χ4n) is 3.71. The van der Waals surface area contributed by atoms with Crippen LogP contribution in [0.25, 0.3) is 17.0 Å². The molecule has 0 saturated carbocycles. The summed E-state index contributed by atoms with van der Waals surface area (Å²) in [6.07, 6.45) is 2.61. The Kier molecular flexibility index (Phi) is 3.53. The number of ether oxygens (including phenoxy) is 1. The Morgan fingerprint density at radius 2 is 2.13 bits per heavy atom. The summed E-state index contributed by atoms with van der Waals surface area (Å²) in [5.41, 5.74) is 2.37. The SMILES string of the molecule is COC(=O)C1=Cc2c(c3ccccc3oc2=O)C2CSCCC12. The predicted octanol–water partition coefficient (Wildman–Crippen LogP) is 3.20. The zero-order valence-electron chi connectivity index (χ0n) is 12.7. The molecule has 2 unspecified atom stereocenters. The summed E-state index contributed by atoms with van der Waals surface area (Å²) >= 11 is 1.87. The third kappa shape index (κ3) is 2.22. The average Bonchev–Trinajstić information content (AvgIpc) is 2.60. The van der Waals surface area contributed by atoms with Gasteiger partial charge in [-0.15, -0.1) is 0 Å². The van der Waals surface area contributed by atoms with Gasteiger partial charge < -0.3 is 9.15 Å². The van der Waals surface area contributed by atoms with E-state index in [1.165, 1.54) is 7.11 Å². The van der Waals surface area contributed by atoms with Crippen molar-refractivity contribution in [3.8, 4) is 0 Å². The van der Waals surface area contributed by atoms with E-state index in [1.54, 1.807) is 6.08 Å². The largest absolute Gasteiger partial charge is 0.466 e. The molecule has 0 N–H and O–H groups in total. The molecule has 2 aliphatic rings. The number of carbonyl (C=O) groups excluding carboxylic acids is 1. The highest BCUT2D eigenvalue weighted by Crippen LogP contribution is 2.47. The van der Waals surface area contributed by atoms with Gasteiger partial charge in [0.15, 0.2) is 0 Å². The van der Waals surface area contributed by atoms with E-state index in [2.05, 4.69) is 0 Å². The molecule has 5 heteroatoms. The molecule has 2 atom stereocenters. The summed E-state index contributed by atoms with van der Waals surface area (Å²) in [6.45, 7) is 0. The Morgan fingerprint density at radius 1 is 1.30 bits per heavy atom. The second-order valence-electron chi connectivity index (χ2n) is 5.88. The molecule has 118 valence electrons. The van der Waals surface area contributed by atoms with E-state index < -0.39 is 0 Å². The van der Waals surface area contributed by atoms with Crippen molar-refractivity contribution >= 4 is 34.8 Å². The minimum atomic E-state index is -0.380. The number of hydrogen-bond acceptors (Lipinski definition) is 5. The highest BCUT2D eigenvalue weighted by atomic mass is 32.2. The summed E-state index contributed by atoms with van der Waals surface area (Å²) in [5.74, 6) is 1.84. The Morgan fingerprint density at radius 3 is 2.96 bits per heavy atom. The molecule has 4 nitrogen and oxygen atoms in total. The van der Waals surface area contributed by atoms with Crippen molar-refractivity contribution in [2.24, 2.45) is 5.92 Å². The Labute approximate surface area is 137 Å². The van der Waals surface area contributed by atoms with Crippen LogP contribution < -0.4 is 5.63 Å². The van der Waals surface area contributed by atoms with Crippen LogP contribution in [0.15, 0.2) is 39.1 Å². The van der Waals surface area contributed by atoms with Gasteiger partial charge in [0.1, 0.15) is 5.58 Å². The number of benzene rings is 1. The number of esters is 1. The van der Waals surface area contributed by atoms with E-state index in [0.717, 1.165) is 28.9 Å². The van der Waals surface area contributed by atoms with E-state index in [9.17, 15) is 9.59 Å².